The molecule has 0 fully saturated rings. The summed E-state index contributed by atoms with van der Waals surface area (Å²) < 4.78 is 0. The van der Waals surface area contributed by atoms with Crippen molar-refractivity contribution in [3.63, 3.8) is 0 Å². The lowest BCUT2D eigenvalue weighted by molar-refractivity contribution is 0.604. The summed E-state index contributed by atoms with van der Waals surface area (Å²) in [4.78, 5) is 4.37. The molecule has 0 aliphatic rings. The number of aromatic nitrogens is 3. The molecule has 2 N–H and O–H groups in total. The van der Waals surface area contributed by atoms with E-state index < -0.39 is 0 Å². The summed E-state index contributed by atoms with van der Waals surface area (Å²) >= 11 is 0. The third-order valence-corrected chi connectivity index (χ3v) is 2.59. The van der Waals surface area contributed by atoms with Gasteiger partial charge in [-0.2, -0.15) is 10.1 Å². The molecular formula is C13H25N5. The Balaban J connectivity index is 2.36. The summed E-state index contributed by atoms with van der Waals surface area (Å²) in [5.74, 6) is 2.76. The van der Waals surface area contributed by atoms with E-state index in [0.717, 1.165) is 31.7 Å². The molecule has 0 atom stereocenters. The summed E-state index contributed by atoms with van der Waals surface area (Å²) in [6.45, 7) is 10.6. The second-order valence-corrected chi connectivity index (χ2v) is 5.38. The molecule has 102 valence electrons. The van der Waals surface area contributed by atoms with Crippen LogP contribution in [0.2, 0.25) is 0 Å². The van der Waals surface area contributed by atoms with Crippen LogP contribution in [0.25, 0.3) is 0 Å². The molecular weight excluding hydrogens is 226 g/mol. The summed E-state index contributed by atoms with van der Waals surface area (Å²) in [6.07, 6.45) is 3.89. The molecule has 0 amide bonds. The number of anilines is 2. The highest BCUT2D eigenvalue weighted by molar-refractivity contribution is 5.36. The van der Waals surface area contributed by atoms with Gasteiger partial charge in [0.1, 0.15) is 5.82 Å². The maximum Gasteiger partial charge on any atom is 0.244 e. The Bertz CT molecular complexity index is 309. The minimum absolute atomic E-state index is 0.602. The molecule has 0 unspecified atom stereocenters. The molecule has 0 aliphatic carbocycles. The van der Waals surface area contributed by atoms with E-state index in [0.29, 0.717) is 17.8 Å². The summed E-state index contributed by atoms with van der Waals surface area (Å²) in [5.41, 5.74) is 0. The van der Waals surface area contributed by atoms with Gasteiger partial charge >= 0.3 is 0 Å². The lowest BCUT2D eigenvalue weighted by Gasteiger charge is -2.09. The first kappa shape index (κ1) is 14.7. The number of hydrogen-bond acceptors (Lipinski definition) is 5. The predicted octanol–water partition coefficient (Wildman–Crippen LogP) is 2.79. The molecule has 1 aromatic heterocycles. The van der Waals surface area contributed by atoms with Gasteiger partial charge in [-0.25, -0.2) is 0 Å². The fourth-order valence-corrected chi connectivity index (χ4v) is 1.43. The summed E-state index contributed by atoms with van der Waals surface area (Å²) in [5, 5.41) is 14.4. The van der Waals surface area contributed by atoms with Gasteiger partial charge in [-0.15, -0.1) is 5.10 Å². The highest BCUT2D eigenvalue weighted by Crippen LogP contribution is 2.06. The first-order valence-corrected chi connectivity index (χ1v) is 6.75. The van der Waals surface area contributed by atoms with E-state index in [9.17, 15) is 0 Å². The molecule has 0 aromatic carbocycles. The first-order valence-electron chi connectivity index (χ1n) is 6.75. The second kappa shape index (κ2) is 7.84. The van der Waals surface area contributed by atoms with E-state index in [1.165, 1.54) is 0 Å². The van der Waals surface area contributed by atoms with Gasteiger partial charge < -0.3 is 10.6 Å². The van der Waals surface area contributed by atoms with Crippen molar-refractivity contribution in [2.24, 2.45) is 11.8 Å². The molecule has 5 nitrogen and oxygen atoms in total. The molecule has 1 aromatic rings. The van der Waals surface area contributed by atoms with Gasteiger partial charge in [-0.3, -0.25) is 0 Å². The topological polar surface area (TPSA) is 62.7 Å². The quantitative estimate of drug-likeness (QED) is 0.744. The van der Waals surface area contributed by atoms with E-state index in [4.69, 9.17) is 0 Å². The zero-order valence-corrected chi connectivity index (χ0v) is 11.9. The zero-order chi connectivity index (χ0) is 13.4. The Kier molecular flexibility index (Phi) is 6.39. The van der Waals surface area contributed by atoms with Crippen molar-refractivity contribution in [2.75, 3.05) is 23.7 Å². The molecule has 1 heterocycles. The summed E-state index contributed by atoms with van der Waals surface area (Å²) in [6, 6.07) is 0. The SMILES string of the molecule is CC(C)CCNc1cnnc(NCCC(C)C)n1. The molecule has 5 heteroatoms. The lowest BCUT2D eigenvalue weighted by atomic mass is 10.1. The van der Waals surface area contributed by atoms with E-state index in [-0.39, 0.29) is 0 Å². The Morgan fingerprint density at radius 3 is 2.22 bits per heavy atom. The molecule has 0 saturated carbocycles. The predicted molar refractivity (Wildman–Crippen MR) is 75.7 cm³/mol. The molecule has 18 heavy (non-hydrogen) atoms. The summed E-state index contributed by atoms with van der Waals surface area (Å²) in [7, 11) is 0. The smallest absolute Gasteiger partial charge is 0.244 e. The van der Waals surface area contributed by atoms with Crippen LogP contribution in [0.3, 0.4) is 0 Å². The van der Waals surface area contributed by atoms with Crippen molar-refractivity contribution in [3.8, 4) is 0 Å². The van der Waals surface area contributed by atoms with Crippen LogP contribution in [0.15, 0.2) is 6.20 Å². The second-order valence-electron chi connectivity index (χ2n) is 5.38. The molecule has 0 spiro atoms. The van der Waals surface area contributed by atoms with Crippen LogP contribution in [0.5, 0.6) is 0 Å². The van der Waals surface area contributed by atoms with Crippen LogP contribution in [-0.4, -0.2) is 28.3 Å². The number of nitrogens with zero attached hydrogens (tertiary/aromatic N) is 3. The molecule has 0 radical (unpaired) electrons. The Hall–Kier alpha value is -1.39. The Morgan fingerprint density at radius 1 is 1.00 bits per heavy atom. The van der Waals surface area contributed by atoms with Crippen LogP contribution in [0.4, 0.5) is 11.8 Å². The van der Waals surface area contributed by atoms with Gasteiger partial charge in [-0.1, -0.05) is 27.7 Å². The highest BCUT2D eigenvalue weighted by Gasteiger charge is 2.01. The van der Waals surface area contributed by atoms with Crippen LogP contribution in [0, 0.1) is 11.8 Å². The van der Waals surface area contributed by atoms with E-state index >= 15 is 0 Å². The average molecular weight is 251 g/mol. The van der Waals surface area contributed by atoms with Crippen molar-refractivity contribution in [1.82, 2.24) is 15.2 Å². The van der Waals surface area contributed by atoms with Gasteiger partial charge in [0.2, 0.25) is 5.95 Å². The van der Waals surface area contributed by atoms with E-state index in [1.807, 2.05) is 0 Å². The zero-order valence-electron chi connectivity index (χ0n) is 11.9. The maximum atomic E-state index is 4.37. The van der Waals surface area contributed by atoms with Crippen LogP contribution >= 0.6 is 0 Å². The monoisotopic (exact) mass is 251 g/mol. The highest BCUT2D eigenvalue weighted by atomic mass is 15.3. The normalized spacial score (nSPS) is 11.0. The van der Waals surface area contributed by atoms with Crippen molar-refractivity contribution < 1.29 is 0 Å². The lowest BCUT2D eigenvalue weighted by Crippen LogP contribution is -2.11. The Labute approximate surface area is 110 Å². The van der Waals surface area contributed by atoms with Gasteiger partial charge in [0.15, 0.2) is 0 Å². The molecule has 1 rings (SSSR count). The fourth-order valence-electron chi connectivity index (χ4n) is 1.43. The van der Waals surface area contributed by atoms with Gasteiger partial charge in [0.25, 0.3) is 0 Å². The number of rotatable bonds is 8. The fraction of sp³-hybridized carbons (Fsp3) is 0.769. The number of hydrogen-bond donors (Lipinski definition) is 2. The van der Waals surface area contributed by atoms with Crippen molar-refractivity contribution >= 4 is 11.8 Å². The van der Waals surface area contributed by atoms with Crippen molar-refractivity contribution in [3.05, 3.63) is 6.20 Å². The molecule has 0 aliphatic heterocycles. The van der Waals surface area contributed by atoms with E-state index in [1.54, 1.807) is 6.20 Å². The van der Waals surface area contributed by atoms with E-state index in [2.05, 4.69) is 53.5 Å². The maximum absolute atomic E-state index is 4.37. The Morgan fingerprint density at radius 2 is 1.61 bits per heavy atom. The third-order valence-electron chi connectivity index (χ3n) is 2.59. The standard InChI is InChI=1S/C13H25N5/c1-10(2)5-7-14-12-9-16-18-13(17-12)15-8-6-11(3)4/h9-11H,5-8H2,1-4H3,(H2,14,15,17,18). The van der Waals surface area contributed by atoms with Crippen LogP contribution < -0.4 is 10.6 Å². The van der Waals surface area contributed by atoms with Gasteiger partial charge in [-0.05, 0) is 24.7 Å². The minimum Gasteiger partial charge on any atom is -0.369 e. The van der Waals surface area contributed by atoms with Crippen LogP contribution in [-0.2, 0) is 0 Å². The largest absolute Gasteiger partial charge is 0.369 e. The minimum atomic E-state index is 0.602. The van der Waals surface area contributed by atoms with Gasteiger partial charge in [0.05, 0.1) is 6.20 Å². The average Bonchev–Trinajstić information content (AvgIpc) is 2.28. The van der Waals surface area contributed by atoms with Gasteiger partial charge in [0, 0.05) is 13.1 Å². The molecule has 0 saturated heterocycles. The first-order chi connectivity index (χ1) is 8.58. The number of nitrogens with one attached hydrogen (secondary N) is 2. The van der Waals surface area contributed by atoms with Crippen molar-refractivity contribution in [2.45, 2.75) is 40.5 Å². The molecule has 0 bridgehead atoms. The third kappa shape index (κ3) is 6.37. The van der Waals surface area contributed by atoms with Crippen LogP contribution in [0.1, 0.15) is 40.5 Å². The van der Waals surface area contributed by atoms with Crippen molar-refractivity contribution in [1.29, 1.82) is 0 Å².